The van der Waals surface area contributed by atoms with Crippen molar-refractivity contribution in [3.8, 4) is 11.3 Å². The third kappa shape index (κ3) is 3.17. The first-order valence-electron chi connectivity index (χ1n) is 6.15. The molecule has 0 radical (unpaired) electrons. The largest absolute Gasteiger partial charge is 0.451 e. The Labute approximate surface area is 129 Å². The standard InChI is InChI=1S/C15H10BrN3O2/c16-14-3-1-2-12(19-14)10-4-6-11(7-5-10)18-15(20)13-8-21-9-17-13/h1-9H,(H,18,20). The molecule has 2 heterocycles. The lowest BCUT2D eigenvalue weighted by atomic mass is 10.1. The van der Waals surface area contributed by atoms with Gasteiger partial charge in [-0.25, -0.2) is 9.97 Å². The zero-order valence-electron chi connectivity index (χ0n) is 10.8. The third-order valence-electron chi connectivity index (χ3n) is 2.82. The highest BCUT2D eigenvalue weighted by molar-refractivity contribution is 9.10. The Kier molecular flexibility index (Phi) is 3.79. The van der Waals surface area contributed by atoms with Gasteiger partial charge in [-0.15, -0.1) is 0 Å². The van der Waals surface area contributed by atoms with Crippen LogP contribution in [0.2, 0.25) is 0 Å². The number of anilines is 1. The normalized spacial score (nSPS) is 10.3. The number of benzene rings is 1. The molecular weight excluding hydrogens is 334 g/mol. The Balaban J connectivity index is 1.77. The number of pyridine rings is 1. The van der Waals surface area contributed by atoms with Gasteiger partial charge >= 0.3 is 0 Å². The van der Waals surface area contributed by atoms with Crippen LogP contribution >= 0.6 is 15.9 Å². The molecule has 104 valence electrons. The van der Waals surface area contributed by atoms with Gasteiger partial charge in [0.25, 0.3) is 5.91 Å². The van der Waals surface area contributed by atoms with Crippen LogP contribution < -0.4 is 5.32 Å². The van der Waals surface area contributed by atoms with Crippen LogP contribution in [0.25, 0.3) is 11.3 Å². The van der Waals surface area contributed by atoms with Crippen LogP contribution in [0.4, 0.5) is 5.69 Å². The van der Waals surface area contributed by atoms with Crippen molar-refractivity contribution in [1.82, 2.24) is 9.97 Å². The second-order valence-electron chi connectivity index (χ2n) is 4.25. The molecule has 0 spiro atoms. The second-order valence-corrected chi connectivity index (χ2v) is 5.06. The van der Waals surface area contributed by atoms with E-state index in [-0.39, 0.29) is 11.6 Å². The molecule has 3 rings (SSSR count). The van der Waals surface area contributed by atoms with Crippen LogP contribution in [-0.4, -0.2) is 15.9 Å². The van der Waals surface area contributed by atoms with E-state index in [9.17, 15) is 4.79 Å². The quantitative estimate of drug-likeness (QED) is 0.735. The maximum absolute atomic E-state index is 11.8. The van der Waals surface area contributed by atoms with Gasteiger partial charge in [-0.05, 0) is 40.2 Å². The zero-order chi connectivity index (χ0) is 14.7. The van der Waals surface area contributed by atoms with Crippen molar-refractivity contribution < 1.29 is 9.21 Å². The molecule has 21 heavy (non-hydrogen) atoms. The first-order valence-corrected chi connectivity index (χ1v) is 6.94. The average molecular weight is 344 g/mol. The minimum atomic E-state index is -0.308. The number of rotatable bonds is 3. The van der Waals surface area contributed by atoms with Crippen LogP contribution in [0.5, 0.6) is 0 Å². The van der Waals surface area contributed by atoms with Crippen molar-refractivity contribution in [3.05, 3.63) is 65.4 Å². The van der Waals surface area contributed by atoms with Crippen molar-refractivity contribution in [2.45, 2.75) is 0 Å². The Hall–Kier alpha value is -2.47. The Morgan fingerprint density at radius 2 is 1.95 bits per heavy atom. The van der Waals surface area contributed by atoms with Crippen molar-refractivity contribution in [3.63, 3.8) is 0 Å². The number of halogens is 1. The Morgan fingerprint density at radius 1 is 1.14 bits per heavy atom. The number of nitrogens with zero attached hydrogens (tertiary/aromatic N) is 2. The summed E-state index contributed by atoms with van der Waals surface area (Å²) in [5.74, 6) is -0.308. The SMILES string of the molecule is O=C(Nc1ccc(-c2cccc(Br)n2)cc1)c1cocn1. The van der Waals surface area contributed by atoms with Gasteiger partial charge in [-0.1, -0.05) is 18.2 Å². The Bertz CT molecular complexity index is 755. The molecule has 0 saturated carbocycles. The van der Waals surface area contributed by atoms with E-state index in [1.54, 1.807) is 0 Å². The maximum atomic E-state index is 11.8. The molecule has 3 aromatic rings. The summed E-state index contributed by atoms with van der Waals surface area (Å²) < 4.78 is 5.56. The molecule has 6 heteroatoms. The first-order chi connectivity index (χ1) is 10.2. The molecule has 0 atom stereocenters. The molecule has 2 aromatic heterocycles. The van der Waals surface area contributed by atoms with Crippen LogP contribution in [0.3, 0.4) is 0 Å². The van der Waals surface area contributed by atoms with Gasteiger partial charge < -0.3 is 9.73 Å². The van der Waals surface area contributed by atoms with E-state index < -0.39 is 0 Å². The lowest BCUT2D eigenvalue weighted by molar-refractivity contribution is 0.102. The third-order valence-corrected chi connectivity index (χ3v) is 3.26. The van der Waals surface area contributed by atoms with E-state index >= 15 is 0 Å². The lowest BCUT2D eigenvalue weighted by Crippen LogP contribution is -2.11. The van der Waals surface area contributed by atoms with Gasteiger partial charge in [0.1, 0.15) is 10.9 Å². The van der Waals surface area contributed by atoms with Gasteiger partial charge in [0, 0.05) is 11.3 Å². The van der Waals surface area contributed by atoms with E-state index in [1.807, 2.05) is 42.5 Å². The zero-order valence-corrected chi connectivity index (χ0v) is 12.4. The highest BCUT2D eigenvalue weighted by atomic mass is 79.9. The number of hydrogen-bond acceptors (Lipinski definition) is 4. The molecule has 0 bridgehead atoms. The first kappa shape index (κ1) is 13.5. The summed E-state index contributed by atoms with van der Waals surface area (Å²) in [6, 6.07) is 13.1. The molecule has 0 saturated heterocycles. The molecular formula is C15H10BrN3O2. The summed E-state index contributed by atoms with van der Waals surface area (Å²) in [5, 5.41) is 2.74. The summed E-state index contributed by atoms with van der Waals surface area (Å²) in [5.41, 5.74) is 2.75. The fraction of sp³-hybridized carbons (Fsp3) is 0. The van der Waals surface area contributed by atoms with Crippen molar-refractivity contribution in [2.24, 2.45) is 0 Å². The van der Waals surface area contributed by atoms with E-state index in [1.165, 1.54) is 12.7 Å². The number of oxazole rings is 1. The van der Waals surface area contributed by atoms with E-state index in [0.29, 0.717) is 5.69 Å². The monoisotopic (exact) mass is 343 g/mol. The number of carbonyl (C=O) groups is 1. The van der Waals surface area contributed by atoms with Gasteiger partial charge in [-0.3, -0.25) is 4.79 Å². The molecule has 1 amide bonds. The summed E-state index contributed by atoms with van der Waals surface area (Å²) in [6.07, 6.45) is 2.52. The predicted molar refractivity (Wildman–Crippen MR) is 81.8 cm³/mol. The van der Waals surface area contributed by atoms with Crippen LogP contribution in [0, 0.1) is 0 Å². The number of aromatic nitrogens is 2. The van der Waals surface area contributed by atoms with Gasteiger partial charge in [-0.2, -0.15) is 0 Å². The van der Waals surface area contributed by atoms with Gasteiger partial charge in [0.05, 0.1) is 5.69 Å². The second kappa shape index (κ2) is 5.88. The van der Waals surface area contributed by atoms with Crippen LogP contribution in [-0.2, 0) is 0 Å². The fourth-order valence-corrected chi connectivity index (χ4v) is 2.16. The molecule has 0 aliphatic heterocycles. The lowest BCUT2D eigenvalue weighted by Gasteiger charge is -2.05. The number of carbonyl (C=O) groups excluding carboxylic acids is 1. The summed E-state index contributed by atoms with van der Waals surface area (Å²) in [6.45, 7) is 0. The summed E-state index contributed by atoms with van der Waals surface area (Å²) >= 11 is 3.34. The van der Waals surface area contributed by atoms with E-state index in [4.69, 9.17) is 4.42 Å². The Morgan fingerprint density at radius 3 is 2.62 bits per heavy atom. The highest BCUT2D eigenvalue weighted by Crippen LogP contribution is 2.21. The summed E-state index contributed by atoms with van der Waals surface area (Å²) in [7, 11) is 0. The number of hydrogen-bond donors (Lipinski definition) is 1. The topological polar surface area (TPSA) is 68.0 Å². The average Bonchev–Trinajstić information content (AvgIpc) is 3.02. The number of amides is 1. The highest BCUT2D eigenvalue weighted by Gasteiger charge is 2.09. The molecule has 0 fully saturated rings. The van der Waals surface area contributed by atoms with Crippen molar-refractivity contribution in [1.29, 1.82) is 0 Å². The molecule has 5 nitrogen and oxygen atoms in total. The maximum Gasteiger partial charge on any atom is 0.277 e. The summed E-state index contributed by atoms with van der Waals surface area (Å²) in [4.78, 5) is 20.0. The van der Waals surface area contributed by atoms with Gasteiger partial charge in [0.2, 0.25) is 0 Å². The smallest absolute Gasteiger partial charge is 0.277 e. The number of nitrogens with one attached hydrogen (secondary N) is 1. The molecule has 0 unspecified atom stereocenters. The fourth-order valence-electron chi connectivity index (χ4n) is 1.81. The van der Waals surface area contributed by atoms with Crippen molar-refractivity contribution in [2.75, 3.05) is 5.32 Å². The molecule has 0 aliphatic rings. The minimum absolute atomic E-state index is 0.243. The van der Waals surface area contributed by atoms with E-state index in [0.717, 1.165) is 15.9 Å². The van der Waals surface area contributed by atoms with E-state index in [2.05, 4.69) is 31.2 Å². The minimum Gasteiger partial charge on any atom is -0.451 e. The molecule has 0 aliphatic carbocycles. The molecule has 1 N–H and O–H groups in total. The predicted octanol–water partition coefficient (Wildman–Crippen LogP) is 3.75. The molecule has 1 aromatic carbocycles. The van der Waals surface area contributed by atoms with Crippen molar-refractivity contribution >= 4 is 27.5 Å². The van der Waals surface area contributed by atoms with Crippen LogP contribution in [0.1, 0.15) is 10.5 Å². The van der Waals surface area contributed by atoms with Gasteiger partial charge in [0.15, 0.2) is 12.1 Å². The van der Waals surface area contributed by atoms with Crippen LogP contribution in [0.15, 0.2) is 64.1 Å².